The van der Waals surface area contributed by atoms with Gasteiger partial charge in [0.05, 0.1) is 18.4 Å². The summed E-state index contributed by atoms with van der Waals surface area (Å²) >= 11 is 0. The van der Waals surface area contributed by atoms with Crippen LogP contribution in [0.4, 0.5) is 4.39 Å². The number of hydrogen-bond acceptors (Lipinski definition) is 4. The predicted octanol–water partition coefficient (Wildman–Crippen LogP) is 2.56. The number of aromatic nitrogens is 1. The summed E-state index contributed by atoms with van der Waals surface area (Å²) in [7, 11) is 0. The van der Waals surface area contributed by atoms with Gasteiger partial charge in [-0.1, -0.05) is 0 Å². The average Bonchev–Trinajstić information content (AvgIpc) is 2.47. The van der Waals surface area contributed by atoms with E-state index < -0.39 is 11.9 Å². The summed E-state index contributed by atoms with van der Waals surface area (Å²) in [4.78, 5) is 3.76. The standard InChI is InChI=1S/C17H27FN2O2/c1-17(2,8-12-3-5-15(21)6-4-12)20-11-16(22)13-7-14(18)10-19-9-13/h7,9-10,12,15-16,20-22H,3-6,8,11H2,1-2H3/t12?,15?,16-/m0/s1. The molecule has 1 aromatic heterocycles. The van der Waals surface area contributed by atoms with E-state index in [0.29, 0.717) is 18.0 Å². The summed E-state index contributed by atoms with van der Waals surface area (Å²) in [5.74, 6) is 0.176. The lowest BCUT2D eigenvalue weighted by atomic mass is 9.80. The quantitative estimate of drug-likeness (QED) is 0.755. The minimum Gasteiger partial charge on any atom is -0.393 e. The number of pyridine rings is 1. The number of hydrogen-bond donors (Lipinski definition) is 3. The van der Waals surface area contributed by atoms with Crippen LogP contribution >= 0.6 is 0 Å². The molecule has 4 nitrogen and oxygen atoms in total. The minimum atomic E-state index is -0.768. The fourth-order valence-electron chi connectivity index (χ4n) is 3.24. The lowest BCUT2D eigenvalue weighted by Crippen LogP contribution is -2.43. The van der Waals surface area contributed by atoms with Gasteiger partial charge in [0, 0.05) is 23.8 Å². The molecule has 0 aromatic carbocycles. The van der Waals surface area contributed by atoms with Crippen molar-refractivity contribution in [1.29, 1.82) is 0 Å². The molecule has 5 heteroatoms. The average molecular weight is 310 g/mol. The Kier molecular flexibility index (Phi) is 5.89. The summed E-state index contributed by atoms with van der Waals surface area (Å²) in [5, 5.41) is 23.1. The molecule has 0 bridgehead atoms. The molecular weight excluding hydrogens is 283 g/mol. The molecule has 22 heavy (non-hydrogen) atoms. The normalized spacial score (nSPS) is 24.2. The van der Waals surface area contributed by atoms with Crippen molar-refractivity contribution in [3.05, 3.63) is 29.8 Å². The lowest BCUT2D eigenvalue weighted by molar-refractivity contribution is 0.0949. The zero-order valence-corrected chi connectivity index (χ0v) is 13.4. The van der Waals surface area contributed by atoms with Crippen LogP contribution in [-0.2, 0) is 0 Å². The SMILES string of the molecule is CC(C)(CC1CCC(O)CC1)NC[C@H](O)c1cncc(F)c1. The van der Waals surface area contributed by atoms with Crippen molar-refractivity contribution in [1.82, 2.24) is 10.3 Å². The Morgan fingerprint density at radius 2 is 2.00 bits per heavy atom. The van der Waals surface area contributed by atoms with Crippen molar-refractivity contribution < 1.29 is 14.6 Å². The van der Waals surface area contributed by atoms with Crippen molar-refractivity contribution >= 4 is 0 Å². The Bertz CT molecular complexity index is 473. The molecule has 1 aliphatic rings. The topological polar surface area (TPSA) is 65.4 Å². The maximum Gasteiger partial charge on any atom is 0.141 e. The minimum absolute atomic E-state index is 0.102. The molecule has 1 heterocycles. The summed E-state index contributed by atoms with van der Waals surface area (Å²) < 4.78 is 13.1. The molecule has 1 aliphatic carbocycles. The summed E-state index contributed by atoms with van der Waals surface area (Å²) in [6, 6.07) is 1.31. The van der Waals surface area contributed by atoms with Crippen LogP contribution in [0.15, 0.2) is 18.5 Å². The van der Waals surface area contributed by atoms with Crippen LogP contribution in [0.1, 0.15) is 57.6 Å². The van der Waals surface area contributed by atoms with E-state index in [1.807, 2.05) is 0 Å². The first-order valence-electron chi connectivity index (χ1n) is 8.07. The Hall–Kier alpha value is -1.04. The Morgan fingerprint density at radius 3 is 2.64 bits per heavy atom. The molecule has 1 atom stereocenters. The molecule has 0 radical (unpaired) electrons. The fraction of sp³-hybridized carbons (Fsp3) is 0.706. The van der Waals surface area contributed by atoms with E-state index in [1.54, 1.807) is 0 Å². The highest BCUT2D eigenvalue weighted by Gasteiger charge is 2.27. The molecule has 1 saturated carbocycles. The largest absolute Gasteiger partial charge is 0.393 e. The number of nitrogens with zero attached hydrogens (tertiary/aromatic N) is 1. The number of aliphatic hydroxyl groups excluding tert-OH is 2. The van der Waals surface area contributed by atoms with Gasteiger partial charge in [-0.15, -0.1) is 0 Å². The van der Waals surface area contributed by atoms with Gasteiger partial charge in [-0.05, 0) is 57.9 Å². The molecule has 0 aliphatic heterocycles. The van der Waals surface area contributed by atoms with Gasteiger partial charge in [0.15, 0.2) is 0 Å². The van der Waals surface area contributed by atoms with E-state index in [0.717, 1.165) is 38.3 Å². The van der Waals surface area contributed by atoms with Crippen LogP contribution in [0.5, 0.6) is 0 Å². The van der Waals surface area contributed by atoms with Crippen LogP contribution in [0.25, 0.3) is 0 Å². The summed E-state index contributed by atoms with van der Waals surface area (Å²) in [5.41, 5.74) is 0.387. The highest BCUT2D eigenvalue weighted by molar-refractivity contribution is 5.13. The van der Waals surface area contributed by atoms with Crippen LogP contribution in [0, 0.1) is 11.7 Å². The van der Waals surface area contributed by atoms with Crippen molar-refractivity contribution in [2.75, 3.05) is 6.54 Å². The maximum absolute atomic E-state index is 13.1. The van der Waals surface area contributed by atoms with Gasteiger partial charge in [-0.25, -0.2) is 4.39 Å². The molecule has 0 saturated heterocycles. The van der Waals surface area contributed by atoms with E-state index in [9.17, 15) is 14.6 Å². The molecule has 124 valence electrons. The van der Waals surface area contributed by atoms with Gasteiger partial charge in [0.2, 0.25) is 0 Å². The van der Waals surface area contributed by atoms with Gasteiger partial charge < -0.3 is 15.5 Å². The Labute approximate surface area is 131 Å². The molecule has 0 amide bonds. The highest BCUT2D eigenvalue weighted by atomic mass is 19.1. The second-order valence-corrected chi connectivity index (χ2v) is 7.10. The number of halogens is 1. The predicted molar refractivity (Wildman–Crippen MR) is 83.8 cm³/mol. The van der Waals surface area contributed by atoms with Gasteiger partial charge in [0.1, 0.15) is 5.82 Å². The lowest BCUT2D eigenvalue weighted by Gasteiger charge is -2.34. The number of β-amino-alcohol motifs (C(OH)–C–C–N with tert-alkyl or cyclic N) is 1. The monoisotopic (exact) mass is 310 g/mol. The van der Waals surface area contributed by atoms with Gasteiger partial charge in [-0.3, -0.25) is 4.98 Å². The van der Waals surface area contributed by atoms with E-state index in [1.165, 1.54) is 12.3 Å². The first-order chi connectivity index (χ1) is 10.4. The van der Waals surface area contributed by atoms with Crippen molar-refractivity contribution in [2.24, 2.45) is 5.92 Å². The van der Waals surface area contributed by atoms with E-state index >= 15 is 0 Å². The molecule has 1 fully saturated rings. The van der Waals surface area contributed by atoms with Crippen molar-refractivity contribution in [3.8, 4) is 0 Å². The second-order valence-electron chi connectivity index (χ2n) is 7.10. The van der Waals surface area contributed by atoms with Crippen LogP contribution < -0.4 is 5.32 Å². The van der Waals surface area contributed by atoms with Gasteiger partial charge >= 0.3 is 0 Å². The number of nitrogens with one attached hydrogen (secondary N) is 1. The van der Waals surface area contributed by atoms with Crippen molar-refractivity contribution in [2.45, 2.75) is 63.7 Å². The maximum atomic E-state index is 13.1. The molecule has 3 N–H and O–H groups in total. The van der Waals surface area contributed by atoms with Crippen LogP contribution in [0.2, 0.25) is 0 Å². The molecule has 0 spiro atoms. The smallest absolute Gasteiger partial charge is 0.141 e. The third-order valence-electron chi connectivity index (χ3n) is 4.50. The van der Waals surface area contributed by atoms with Gasteiger partial charge in [-0.2, -0.15) is 0 Å². The summed E-state index contributed by atoms with van der Waals surface area (Å²) in [6.45, 7) is 4.61. The molecule has 1 aromatic rings. The van der Waals surface area contributed by atoms with E-state index in [2.05, 4.69) is 24.1 Å². The zero-order valence-electron chi connectivity index (χ0n) is 13.4. The highest BCUT2D eigenvalue weighted by Crippen LogP contribution is 2.31. The second kappa shape index (κ2) is 7.49. The molecule has 0 unspecified atom stereocenters. The third kappa shape index (κ3) is 5.30. The van der Waals surface area contributed by atoms with E-state index in [-0.39, 0.29) is 11.6 Å². The first-order valence-corrected chi connectivity index (χ1v) is 8.07. The van der Waals surface area contributed by atoms with Gasteiger partial charge in [0.25, 0.3) is 0 Å². The first kappa shape index (κ1) is 17.3. The molecule has 2 rings (SSSR count). The zero-order chi connectivity index (χ0) is 16.2. The van der Waals surface area contributed by atoms with Crippen LogP contribution in [0.3, 0.4) is 0 Å². The molecular formula is C17H27FN2O2. The Balaban J connectivity index is 1.81. The number of aliphatic hydroxyl groups is 2. The third-order valence-corrected chi connectivity index (χ3v) is 4.50. The Morgan fingerprint density at radius 1 is 1.32 bits per heavy atom. The fourth-order valence-corrected chi connectivity index (χ4v) is 3.24. The van der Waals surface area contributed by atoms with E-state index in [4.69, 9.17) is 0 Å². The van der Waals surface area contributed by atoms with Crippen molar-refractivity contribution in [3.63, 3.8) is 0 Å². The summed E-state index contributed by atoms with van der Waals surface area (Å²) in [6.07, 6.45) is 6.62. The van der Waals surface area contributed by atoms with Crippen LogP contribution in [-0.4, -0.2) is 33.4 Å². The number of rotatable bonds is 6.